The molecule has 1 atom stereocenters. The number of benzene rings is 1. The third kappa shape index (κ3) is 3.63. The quantitative estimate of drug-likeness (QED) is 0.583. The molecule has 0 aliphatic carbocycles. The highest BCUT2D eigenvalue weighted by molar-refractivity contribution is 7.88. The highest BCUT2D eigenvalue weighted by atomic mass is 32.2. The van der Waals surface area contributed by atoms with Crippen molar-refractivity contribution in [3.05, 3.63) is 41.6 Å². The highest BCUT2D eigenvalue weighted by Crippen LogP contribution is 2.09. The van der Waals surface area contributed by atoms with Gasteiger partial charge in [-0.2, -0.15) is 0 Å². The van der Waals surface area contributed by atoms with E-state index in [1.54, 1.807) is 0 Å². The van der Waals surface area contributed by atoms with Crippen molar-refractivity contribution in [2.75, 3.05) is 7.11 Å². The Morgan fingerprint density at radius 1 is 1.53 bits per heavy atom. The lowest BCUT2D eigenvalue weighted by molar-refractivity contribution is -0.134. The van der Waals surface area contributed by atoms with Crippen LogP contribution in [0.25, 0.3) is 0 Å². The van der Waals surface area contributed by atoms with E-state index >= 15 is 0 Å². The topological polar surface area (TPSA) is 43.4 Å². The summed E-state index contributed by atoms with van der Waals surface area (Å²) in [4.78, 5) is 11.0. The summed E-state index contributed by atoms with van der Waals surface area (Å²) in [7, 11) is -0.317. The highest BCUT2D eigenvalue weighted by Gasteiger charge is 2.01. The molecule has 0 amide bonds. The van der Waals surface area contributed by atoms with Crippen molar-refractivity contribution in [1.29, 1.82) is 0 Å². The number of ether oxygens (including phenoxy) is 1. The van der Waals surface area contributed by atoms with Gasteiger partial charge in [-0.3, -0.25) is 0 Å². The SMILES string of the molecule is COC(=O)/C=C/S(=O)c1cccc(F)c1. The van der Waals surface area contributed by atoms with Gasteiger partial charge >= 0.3 is 5.97 Å². The second-order valence-corrected chi connectivity index (χ2v) is 3.92. The van der Waals surface area contributed by atoms with Crippen molar-refractivity contribution >= 4 is 16.8 Å². The summed E-state index contributed by atoms with van der Waals surface area (Å²) in [5.74, 6) is -1.06. The molecule has 15 heavy (non-hydrogen) atoms. The molecule has 0 saturated heterocycles. The van der Waals surface area contributed by atoms with Crippen LogP contribution in [0.4, 0.5) is 4.39 Å². The predicted octanol–water partition coefficient (Wildman–Crippen LogP) is 1.62. The zero-order valence-electron chi connectivity index (χ0n) is 7.98. The van der Waals surface area contributed by atoms with Crippen molar-refractivity contribution in [2.45, 2.75) is 4.90 Å². The maximum atomic E-state index is 12.7. The average Bonchev–Trinajstić information content (AvgIpc) is 2.25. The van der Waals surface area contributed by atoms with Crippen LogP contribution in [0.15, 0.2) is 40.6 Å². The van der Waals surface area contributed by atoms with E-state index in [9.17, 15) is 13.4 Å². The van der Waals surface area contributed by atoms with Crippen LogP contribution in [0.1, 0.15) is 0 Å². The van der Waals surface area contributed by atoms with Crippen LogP contribution in [-0.4, -0.2) is 17.3 Å². The molecule has 5 heteroatoms. The minimum atomic E-state index is -1.54. The van der Waals surface area contributed by atoms with Crippen molar-refractivity contribution in [3.63, 3.8) is 0 Å². The molecule has 3 nitrogen and oxygen atoms in total. The van der Waals surface area contributed by atoms with E-state index in [1.165, 1.54) is 25.3 Å². The smallest absolute Gasteiger partial charge is 0.331 e. The number of hydrogen-bond acceptors (Lipinski definition) is 3. The summed E-state index contributed by atoms with van der Waals surface area (Å²) in [6, 6.07) is 5.37. The first kappa shape index (κ1) is 11.6. The number of rotatable bonds is 3. The van der Waals surface area contributed by atoms with Crippen LogP contribution in [0, 0.1) is 5.82 Å². The summed E-state index contributed by atoms with van der Waals surface area (Å²) in [5.41, 5.74) is 0. The Morgan fingerprint density at radius 3 is 2.87 bits per heavy atom. The molecule has 1 aromatic carbocycles. The van der Waals surface area contributed by atoms with Gasteiger partial charge in [0.1, 0.15) is 5.82 Å². The summed E-state index contributed by atoms with van der Waals surface area (Å²) < 4.78 is 28.5. The van der Waals surface area contributed by atoms with Crippen molar-refractivity contribution < 1.29 is 18.1 Å². The van der Waals surface area contributed by atoms with E-state index in [-0.39, 0.29) is 0 Å². The molecule has 0 N–H and O–H groups in total. The minimum absolute atomic E-state index is 0.301. The van der Waals surface area contributed by atoms with Crippen LogP contribution in [0.5, 0.6) is 0 Å². The van der Waals surface area contributed by atoms with E-state index in [1.807, 2.05) is 0 Å². The zero-order valence-corrected chi connectivity index (χ0v) is 8.79. The largest absolute Gasteiger partial charge is 0.466 e. The second-order valence-electron chi connectivity index (χ2n) is 2.58. The van der Waals surface area contributed by atoms with Gasteiger partial charge in [0, 0.05) is 16.4 Å². The summed E-state index contributed by atoms with van der Waals surface area (Å²) in [5, 5.41) is 1.15. The maximum Gasteiger partial charge on any atom is 0.331 e. The number of carbonyl (C=O) groups excluding carboxylic acids is 1. The average molecular weight is 228 g/mol. The molecule has 0 fully saturated rings. The fourth-order valence-corrected chi connectivity index (χ4v) is 1.69. The van der Waals surface area contributed by atoms with Gasteiger partial charge in [0.15, 0.2) is 0 Å². The van der Waals surface area contributed by atoms with Gasteiger partial charge in [-0.05, 0) is 18.2 Å². The van der Waals surface area contributed by atoms with Crippen LogP contribution < -0.4 is 0 Å². The Hall–Kier alpha value is -1.49. The molecular weight excluding hydrogens is 219 g/mol. The summed E-state index contributed by atoms with van der Waals surface area (Å²) in [6.45, 7) is 0. The number of halogens is 1. The molecule has 0 spiro atoms. The van der Waals surface area contributed by atoms with Crippen LogP contribution in [-0.2, 0) is 20.3 Å². The number of carbonyl (C=O) groups is 1. The Bertz CT molecular complexity index is 415. The molecule has 0 radical (unpaired) electrons. The van der Waals surface area contributed by atoms with Gasteiger partial charge in [0.2, 0.25) is 0 Å². The van der Waals surface area contributed by atoms with Gasteiger partial charge in [-0.15, -0.1) is 0 Å². The zero-order chi connectivity index (χ0) is 11.3. The first-order valence-electron chi connectivity index (χ1n) is 4.06. The molecule has 0 aliphatic rings. The first-order valence-corrected chi connectivity index (χ1v) is 5.27. The van der Waals surface area contributed by atoms with Crippen molar-refractivity contribution in [1.82, 2.24) is 0 Å². The summed E-state index contributed by atoms with van der Waals surface area (Å²) in [6.07, 6.45) is 1.04. The molecule has 0 aliphatic heterocycles. The number of hydrogen-bond donors (Lipinski definition) is 0. The Labute approximate surface area is 89.0 Å². The maximum absolute atomic E-state index is 12.7. The molecule has 80 valence electrons. The molecule has 1 rings (SSSR count). The molecule has 1 unspecified atom stereocenters. The lowest BCUT2D eigenvalue weighted by Gasteiger charge is -1.96. The van der Waals surface area contributed by atoms with Gasteiger partial charge in [-0.25, -0.2) is 13.4 Å². The van der Waals surface area contributed by atoms with E-state index < -0.39 is 22.6 Å². The first-order chi connectivity index (χ1) is 7.13. The molecule has 0 aromatic heterocycles. The van der Waals surface area contributed by atoms with Crippen LogP contribution in [0.2, 0.25) is 0 Å². The number of esters is 1. The molecule has 0 bridgehead atoms. The standard InChI is InChI=1S/C10H9FO3S/c1-14-10(12)5-6-15(13)9-4-2-3-8(11)7-9/h2-7H,1H3/b6-5+. The lowest BCUT2D eigenvalue weighted by atomic mass is 10.4. The van der Waals surface area contributed by atoms with Crippen LogP contribution in [0.3, 0.4) is 0 Å². The Kier molecular flexibility index (Phi) is 4.17. The molecule has 0 heterocycles. The van der Waals surface area contributed by atoms with E-state index in [4.69, 9.17) is 0 Å². The fraction of sp³-hybridized carbons (Fsp3) is 0.100. The molecular formula is C10H9FO3S. The van der Waals surface area contributed by atoms with E-state index in [0.29, 0.717) is 4.90 Å². The monoisotopic (exact) mass is 228 g/mol. The van der Waals surface area contributed by atoms with E-state index in [0.717, 1.165) is 17.6 Å². The molecule has 1 aromatic rings. The molecule has 0 saturated carbocycles. The van der Waals surface area contributed by atoms with Gasteiger partial charge in [0.05, 0.1) is 17.9 Å². The van der Waals surface area contributed by atoms with Crippen molar-refractivity contribution in [2.24, 2.45) is 0 Å². The number of methoxy groups -OCH3 is 1. The predicted molar refractivity (Wildman–Crippen MR) is 54.0 cm³/mol. The fourth-order valence-electron chi connectivity index (χ4n) is 0.856. The second kappa shape index (κ2) is 5.41. The van der Waals surface area contributed by atoms with Crippen molar-refractivity contribution in [3.8, 4) is 0 Å². The summed E-state index contributed by atoms with van der Waals surface area (Å²) >= 11 is 0. The van der Waals surface area contributed by atoms with E-state index in [2.05, 4.69) is 4.74 Å². The third-order valence-electron chi connectivity index (χ3n) is 1.56. The van der Waals surface area contributed by atoms with Gasteiger partial charge in [0.25, 0.3) is 0 Å². The Morgan fingerprint density at radius 2 is 2.27 bits per heavy atom. The lowest BCUT2D eigenvalue weighted by Crippen LogP contribution is -1.95. The Balaban J connectivity index is 2.78. The van der Waals surface area contributed by atoms with Gasteiger partial charge in [-0.1, -0.05) is 6.07 Å². The van der Waals surface area contributed by atoms with Gasteiger partial charge < -0.3 is 4.74 Å². The normalized spacial score (nSPS) is 12.7. The van der Waals surface area contributed by atoms with Crippen LogP contribution >= 0.6 is 0 Å². The minimum Gasteiger partial charge on any atom is -0.466 e. The third-order valence-corrected chi connectivity index (χ3v) is 2.66.